The van der Waals surface area contributed by atoms with E-state index in [0.29, 0.717) is 10.7 Å². The lowest BCUT2D eigenvalue weighted by Crippen LogP contribution is -2.29. The molecular weight excluding hydrogens is 556 g/mol. The molecule has 8 heteroatoms. The average molecular weight is 589 g/mol. The highest BCUT2D eigenvalue weighted by atomic mass is 32.1. The summed E-state index contributed by atoms with van der Waals surface area (Å²) >= 11 is 5.96. The molecule has 3 aromatic carbocycles. The van der Waals surface area contributed by atoms with Crippen LogP contribution in [0.2, 0.25) is 0 Å². The fourth-order valence-corrected chi connectivity index (χ4v) is 6.09. The summed E-state index contributed by atoms with van der Waals surface area (Å²) in [5, 5.41) is 4.16. The molecule has 1 N–H and O–H groups in total. The van der Waals surface area contributed by atoms with E-state index in [1.165, 1.54) is 12.7 Å². The zero-order valence-corrected chi connectivity index (χ0v) is 25.3. The lowest BCUT2D eigenvalue weighted by molar-refractivity contribution is 0.0600. The first-order valence-corrected chi connectivity index (χ1v) is 14.5. The van der Waals surface area contributed by atoms with E-state index in [1.54, 1.807) is 12.3 Å². The Balaban J connectivity index is 1.40. The second-order valence-corrected chi connectivity index (χ2v) is 11.0. The number of aromatic nitrogens is 2. The summed E-state index contributed by atoms with van der Waals surface area (Å²) in [4.78, 5) is 19.1. The highest BCUT2D eigenvalue weighted by Gasteiger charge is 2.42. The predicted molar refractivity (Wildman–Crippen MR) is 172 cm³/mol. The van der Waals surface area contributed by atoms with E-state index >= 15 is 0 Å². The third-order valence-corrected chi connectivity index (χ3v) is 8.10. The molecule has 5 aromatic rings. The molecule has 1 fully saturated rings. The quantitative estimate of drug-likeness (QED) is 0.155. The zero-order chi connectivity index (χ0) is 30.1. The van der Waals surface area contributed by atoms with Crippen LogP contribution in [0.1, 0.15) is 50.7 Å². The van der Waals surface area contributed by atoms with Crippen LogP contribution >= 0.6 is 12.2 Å². The molecule has 0 bridgehead atoms. The molecule has 1 aliphatic rings. The van der Waals surface area contributed by atoms with Gasteiger partial charge < -0.3 is 24.3 Å². The van der Waals surface area contributed by atoms with Crippen LogP contribution in [0.4, 0.5) is 5.69 Å². The maximum atomic E-state index is 12.3. The molecule has 7 nitrogen and oxygen atoms in total. The second kappa shape index (κ2) is 11.7. The van der Waals surface area contributed by atoms with E-state index in [1.807, 2.05) is 84.9 Å². The number of pyridine rings is 1. The van der Waals surface area contributed by atoms with Crippen molar-refractivity contribution in [2.24, 2.45) is 0 Å². The van der Waals surface area contributed by atoms with E-state index in [-0.39, 0.29) is 18.1 Å². The number of methoxy groups -OCH3 is 1. The summed E-state index contributed by atoms with van der Waals surface area (Å²) < 4.78 is 13.2. The fraction of sp³-hybridized carbons (Fsp3) is 0.171. The number of carbonyl (C=O) groups is 1. The number of ether oxygens (including phenoxy) is 2. The first kappa shape index (κ1) is 28.2. The van der Waals surface area contributed by atoms with Crippen LogP contribution in [-0.4, -0.2) is 27.7 Å². The van der Waals surface area contributed by atoms with Crippen LogP contribution in [0.15, 0.2) is 103 Å². The highest BCUT2D eigenvalue weighted by molar-refractivity contribution is 7.80. The molecule has 0 radical (unpaired) electrons. The molecule has 0 spiro atoms. The molecule has 6 rings (SSSR count). The summed E-state index contributed by atoms with van der Waals surface area (Å²) in [6.45, 7) is 6.22. The molecule has 0 saturated carbocycles. The number of hydrogen-bond donors (Lipinski definition) is 1. The Bertz CT molecular complexity index is 1780. The van der Waals surface area contributed by atoms with Gasteiger partial charge in [0.1, 0.15) is 11.5 Å². The molecule has 1 aliphatic heterocycles. The van der Waals surface area contributed by atoms with Crippen LogP contribution in [0, 0.1) is 20.8 Å². The van der Waals surface area contributed by atoms with Crippen molar-refractivity contribution in [1.82, 2.24) is 14.9 Å². The Hall–Kier alpha value is -4.95. The minimum Gasteiger partial charge on any atom is -0.465 e. The summed E-state index contributed by atoms with van der Waals surface area (Å²) in [5.74, 6) is 1.16. The van der Waals surface area contributed by atoms with Gasteiger partial charge in [-0.15, -0.1) is 0 Å². The van der Waals surface area contributed by atoms with Gasteiger partial charge in [-0.05, 0) is 111 Å². The summed E-state index contributed by atoms with van der Waals surface area (Å²) in [6.07, 6.45) is 1.80. The molecular formula is C35H32N4O3S. The van der Waals surface area contributed by atoms with Gasteiger partial charge in [0.25, 0.3) is 0 Å². The lowest BCUT2D eigenvalue weighted by Gasteiger charge is -2.28. The maximum Gasteiger partial charge on any atom is 0.337 e. The minimum absolute atomic E-state index is 0.185. The number of nitrogens with one attached hydrogen (secondary N) is 1. The van der Waals surface area contributed by atoms with Crippen molar-refractivity contribution >= 4 is 29.0 Å². The first-order chi connectivity index (χ1) is 20.8. The Labute approximate surface area is 256 Å². The Morgan fingerprint density at radius 3 is 2.26 bits per heavy atom. The van der Waals surface area contributed by atoms with Gasteiger partial charge in [0, 0.05) is 29.0 Å². The average Bonchev–Trinajstić information content (AvgIpc) is 3.53. The Morgan fingerprint density at radius 1 is 0.860 bits per heavy atom. The SMILES string of the molecule is COC(=O)c1cccc(-n2c(C)cc([C@@H]3[C@H](c4ccccn4)NC(=S)N3c3ccc(Oc4ccc(C)cc4)cc3)c2C)c1. The van der Waals surface area contributed by atoms with Gasteiger partial charge in [0.2, 0.25) is 0 Å². The zero-order valence-electron chi connectivity index (χ0n) is 24.4. The van der Waals surface area contributed by atoms with E-state index in [0.717, 1.165) is 45.5 Å². The van der Waals surface area contributed by atoms with E-state index in [9.17, 15) is 4.79 Å². The number of nitrogens with zero attached hydrogens (tertiary/aromatic N) is 3. The molecule has 2 aromatic heterocycles. The standard InChI is InChI=1S/C35H32N4O3S/c1-22-11-15-28(16-12-22)42-29-17-13-26(14-18-29)39-33(32(37-35(39)43)31-10-5-6-19-36-31)30-20-23(2)38(24(30)3)27-9-7-8-25(21-27)34(40)41-4/h5-21,32-33H,1-4H3,(H,37,43)/t32-,33+/m0/s1. The second-order valence-electron chi connectivity index (χ2n) is 10.6. The van der Waals surface area contributed by atoms with Crippen molar-refractivity contribution in [3.05, 3.63) is 137 Å². The van der Waals surface area contributed by atoms with Crippen molar-refractivity contribution in [3.8, 4) is 17.2 Å². The van der Waals surface area contributed by atoms with Gasteiger partial charge in [-0.3, -0.25) is 4.98 Å². The first-order valence-electron chi connectivity index (χ1n) is 14.1. The smallest absolute Gasteiger partial charge is 0.337 e. The van der Waals surface area contributed by atoms with Gasteiger partial charge in [-0.2, -0.15) is 0 Å². The van der Waals surface area contributed by atoms with Crippen LogP contribution in [0.3, 0.4) is 0 Å². The summed E-state index contributed by atoms with van der Waals surface area (Å²) in [6, 6.07) is 31.2. The minimum atomic E-state index is -0.369. The lowest BCUT2D eigenvalue weighted by atomic mass is 9.96. The van der Waals surface area contributed by atoms with Gasteiger partial charge >= 0.3 is 5.97 Å². The molecule has 3 heterocycles. The van der Waals surface area contributed by atoms with Crippen molar-refractivity contribution in [1.29, 1.82) is 0 Å². The molecule has 216 valence electrons. The molecule has 0 aliphatic carbocycles. The van der Waals surface area contributed by atoms with Gasteiger partial charge in [-0.1, -0.05) is 29.8 Å². The van der Waals surface area contributed by atoms with Crippen molar-refractivity contribution in [3.63, 3.8) is 0 Å². The number of rotatable bonds is 7. The largest absolute Gasteiger partial charge is 0.465 e. The number of benzene rings is 3. The monoisotopic (exact) mass is 588 g/mol. The normalized spacial score (nSPS) is 16.2. The maximum absolute atomic E-state index is 12.3. The topological polar surface area (TPSA) is 68.6 Å². The van der Waals surface area contributed by atoms with Gasteiger partial charge in [0.15, 0.2) is 5.11 Å². The van der Waals surface area contributed by atoms with Crippen LogP contribution in [-0.2, 0) is 4.74 Å². The number of aryl methyl sites for hydroxylation is 2. The third-order valence-electron chi connectivity index (χ3n) is 7.78. The number of hydrogen-bond acceptors (Lipinski definition) is 5. The van der Waals surface area contributed by atoms with Crippen LogP contribution < -0.4 is 15.0 Å². The molecule has 1 saturated heterocycles. The van der Waals surface area contributed by atoms with E-state index in [2.05, 4.69) is 41.6 Å². The molecule has 0 amide bonds. The predicted octanol–water partition coefficient (Wildman–Crippen LogP) is 7.55. The summed E-state index contributed by atoms with van der Waals surface area (Å²) in [7, 11) is 1.39. The van der Waals surface area contributed by atoms with E-state index < -0.39 is 0 Å². The fourth-order valence-electron chi connectivity index (χ4n) is 5.74. The third kappa shape index (κ3) is 5.49. The molecule has 0 unspecified atom stereocenters. The number of carbonyl (C=O) groups excluding carboxylic acids is 1. The Morgan fingerprint density at radius 2 is 1.58 bits per heavy atom. The van der Waals surface area contributed by atoms with E-state index in [4.69, 9.17) is 26.7 Å². The van der Waals surface area contributed by atoms with Gasteiger partial charge in [-0.25, -0.2) is 4.79 Å². The van der Waals surface area contributed by atoms with Gasteiger partial charge in [0.05, 0.1) is 30.5 Å². The molecule has 2 atom stereocenters. The van der Waals surface area contributed by atoms with Crippen molar-refractivity contribution < 1.29 is 14.3 Å². The molecule has 43 heavy (non-hydrogen) atoms. The van der Waals surface area contributed by atoms with Crippen molar-refractivity contribution in [2.45, 2.75) is 32.9 Å². The van der Waals surface area contributed by atoms with Crippen molar-refractivity contribution in [2.75, 3.05) is 12.0 Å². The summed E-state index contributed by atoms with van der Waals surface area (Å²) in [5.41, 5.74) is 7.58. The number of esters is 1. The Kier molecular flexibility index (Phi) is 7.69. The van der Waals surface area contributed by atoms with Crippen LogP contribution in [0.25, 0.3) is 5.69 Å². The van der Waals surface area contributed by atoms with Crippen LogP contribution in [0.5, 0.6) is 11.5 Å². The number of thiocarbonyl (C=S) groups is 1. The highest BCUT2D eigenvalue weighted by Crippen LogP contribution is 2.44. The number of anilines is 1.